The molecule has 0 atom stereocenters. The molecule has 1 N–H and O–H groups in total. The van der Waals surface area contributed by atoms with Crippen LogP contribution < -0.4 is 5.32 Å². The standard InChI is InChI=1S/C13H8F3N5/c14-13(15,16)21-12-6-10(19-7-20-12)8-1-2-9-11(5-8)18-4-3-17-9/h1-7H,(H,19,20,21). The Morgan fingerprint density at radius 1 is 0.857 bits per heavy atom. The monoisotopic (exact) mass is 291 g/mol. The van der Waals surface area contributed by atoms with Crippen LogP contribution in [0.4, 0.5) is 19.0 Å². The fourth-order valence-corrected chi connectivity index (χ4v) is 1.85. The maximum atomic E-state index is 12.3. The first-order valence-corrected chi connectivity index (χ1v) is 5.89. The van der Waals surface area contributed by atoms with E-state index < -0.39 is 6.30 Å². The summed E-state index contributed by atoms with van der Waals surface area (Å²) in [6, 6.07) is 6.39. The summed E-state index contributed by atoms with van der Waals surface area (Å²) in [4.78, 5) is 15.8. The molecule has 0 fully saturated rings. The number of fused-ring (bicyclic) bond motifs is 1. The average Bonchev–Trinajstić information content (AvgIpc) is 2.45. The third-order valence-corrected chi connectivity index (χ3v) is 2.70. The Labute approximate surface area is 116 Å². The van der Waals surface area contributed by atoms with Gasteiger partial charge in [0.25, 0.3) is 0 Å². The van der Waals surface area contributed by atoms with Crippen molar-refractivity contribution in [3.05, 3.63) is 43.0 Å². The summed E-state index contributed by atoms with van der Waals surface area (Å²) in [5.74, 6) is -0.313. The van der Waals surface area contributed by atoms with Crippen LogP contribution in [0, 0.1) is 0 Å². The van der Waals surface area contributed by atoms with E-state index in [9.17, 15) is 13.2 Å². The molecular formula is C13H8F3N5. The number of nitrogens with one attached hydrogen (secondary N) is 1. The van der Waals surface area contributed by atoms with Gasteiger partial charge in [-0.2, -0.15) is 13.2 Å². The molecule has 3 aromatic rings. The Morgan fingerprint density at radius 3 is 2.38 bits per heavy atom. The first-order chi connectivity index (χ1) is 10.0. The topological polar surface area (TPSA) is 63.6 Å². The van der Waals surface area contributed by atoms with Crippen LogP contribution in [0.25, 0.3) is 22.3 Å². The first kappa shape index (κ1) is 13.2. The largest absolute Gasteiger partial charge is 0.483 e. The quantitative estimate of drug-likeness (QED) is 0.735. The van der Waals surface area contributed by atoms with E-state index in [0.29, 0.717) is 22.3 Å². The summed E-state index contributed by atoms with van der Waals surface area (Å²) >= 11 is 0. The maximum Gasteiger partial charge on any atom is 0.483 e. The van der Waals surface area contributed by atoms with Gasteiger partial charge in [0.1, 0.15) is 12.1 Å². The summed E-state index contributed by atoms with van der Waals surface area (Å²) in [6.07, 6.45) is -0.356. The molecule has 0 spiro atoms. The molecule has 0 saturated heterocycles. The van der Waals surface area contributed by atoms with E-state index >= 15 is 0 Å². The highest BCUT2D eigenvalue weighted by Crippen LogP contribution is 2.24. The van der Waals surface area contributed by atoms with Crippen molar-refractivity contribution in [3.8, 4) is 11.3 Å². The molecule has 0 aliphatic heterocycles. The lowest BCUT2D eigenvalue weighted by molar-refractivity contribution is -0.100. The van der Waals surface area contributed by atoms with Gasteiger partial charge in [-0.15, -0.1) is 0 Å². The van der Waals surface area contributed by atoms with E-state index in [1.807, 2.05) is 0 Å². The molecular weight excluding hydrogens is 283 g/mol. The van der Waals surface area contributed by atoms with E-state index in [2.05, 4.69) is 19.9 Å². The molecule has 0 saturated carbocycles. The van der Waals surface area contributed by atoms with Crippen LogP contribution in [0.15, 0.2) is 43.0 Å². The summed E-state index contributed by atoms with van der Waals surface area (Å²) in [5.41, 5.74) is 2.34. The van der Waals surface area contributed by atoms with Gasteiger partial charge in [-0.05, 0) is 12.1 Å². The number of hydrogen-bond donors (Lipinski definition) is 1. The molecule has 0 aliphatic carbocycles. The molecule has 8 heteroatoms. The van der Waals surface area contributed by atoms with Crippen LogP contribution in [-0.4, -0.2) is 26.2 Å². The second-order valence-electron chi connectivity index (χ2n) is 4.17. The van der Waals surface area contributed by atoms with Crippen molar-refractivity contribution in [1.29, 1.82) is 0 Å². The van der Waals surface area contributed by atoms with E-state index in [4.69, 9.17) is 0 Å². The van der Waals surface area contributed by atoms with E-state index in [-0.39, 0.29) is 5.82 Å². The van der Waals surface area contributed by atoms with E-state index in [1.54, 1.807) is 30.6 Å². The third-order valence-electron chi connectivity index (χ3n) is 2.70. The van der Waals surface area contributed by atoms with Crippen LogP contribution >= 0.6 is 0 Å². The number of alkyl halides is 3. The second kappa shape index (κ2) is 4.97. The Hall–Kier alpha value is -2.77. The SMILES string of the molecule is FC(F)(F)Nc1cc(-c2ccc3nccnc3c2)ncn1. The molecule has 0 amide bonds. The predicted molar refractivity (Wildman–Crippen MR) is 70.2 cm³/mol. The molecule has 0 unspecified atom stereocenters. The van der Waals surface area contributed by atoms with Crippen molar-refractivity contribution < 1.29 is 13.2 Å². The average molecular weight is 291 g/mol. The van der Waals surface area contributed by atoms with Crippen molar-refractivity contribution in [1.82, 2.24) is 19.9 Å². The maximum absolute atomic E-state index is 12.3. The number of nitrogens with zero attached hydrogens (tertiary/aromatic N) is 4. The zero-order valence-corrected chi connectivity index (χ0v) is 10.5. The number of benzene rings is 1. The van der Waals surface area contributed by atoms with Gasteiger partial charge in [0.05, 0.1) is 16.7 Å². The van der Waals surface area contributed by atoms with Gasteiger partial charge in [0.15, 0.2) is 0 Å². The highest BCUT2D eigenvalue weighted by Gasteiger charge is 2.27. The number of rotatable bonds is 2. The molecule has 0 bridgehead atoms. The summed E-state index contributed by atoms with van der Waals surface area (Å²) in [6.45, 7) is 0. The Kier molecular flexibility index (Phi) is 3.13. The third kappa shape index (κ3) is 3.04. The van der Waals surface area contributed by atoms with Gasteiger partial charge in [-0.3, -0.25) is 15.3 Å². The van der Waals surface area contributed by atoms with Crippen LogP contribution in [-0.2, 0) is 0 Å². The molecule has 2 heterocycles. The Bertz CT molecular complexity index is 788. The fraction of sp³-hybridized carbons (Fsp3) is 0.0769. The summed E-state index contributed by atoms with van der Waals surface area (Å²) in [7, 11) is 0. The van der Waals surface area contributed by atoms with Crippen LogP contribution in [0.2, 0.25) is 0 Å². The minimum absolute atomic E-state index is 0.313. The minimum Gasteiger partial charge on any atom is -0.282 e. The van der Waals surface area contributed by atoms with Gasteiger partial charge in [0.2, 0.25) is 0 Å². The predicted octanol–water partition coefficient (Wildman–Crippen LogP) is 3.02. The van der Waals surface area contributed by atoms with E-state index in [1.165, 1.54) is 11.4 Å². The molecule has 5 nitrogen and oxygen atoms in total. The van der Waals surface area contributed by atoms with Crippen LogP contribution in [0.5, 0.6) is 0 Å². The summed E-state index contributed by atoms with van der Waals surface area (Å²) in [5, 5.41) is 1.35. The zero-order valence-electron chi connectivity index (χ0n) is 10.5. The zero-order chi connectivity index (χ0) is 14.9. The minimum atomic E-state index is -4.54. The fourth-order valence-electron chi connectivity index (χ4n) is 1.85. The number of halogens is 3. The molecule has 0 aliphatic rings. The Balaban J connectivity index is 2.00. The lowest BCUT2D eigenvalue weighted by atomic mass is 10.1. The molecule has 2 aromatic heterocycles. The Morgan fingerprint density at radius 2 is 1.62 bits per heavy atom. The van der Waals surface area contributed by atoms with E-state index in [0.717, 1.165) is 6.33 Å². The van der Waals surface area contributed by atoms with Gasteiger partial charge in [-0.1, -0.05) is 6.07 Å². The first-order valence-electron chi connectivity index (χ1n) is 5.89. The van der Waals surface area contributed by atoms with Crippen LogP contribution in [0.3, 0.4) is 0 Å². The highest BCUT2D eigenvalue weighted by molar-refractivity contribution is 5.80. The van der Waals surface area contributed by atoms with Crippen molar-refractivity contribution >= 4 is 16.9 Å². The molecule has 106 valence electrons. The lowest BCUT2D eigenvalue weighted by Gasteiger charge is -2.09. The van der Waals surface area contributed by atoms with Gasteiger partial charge in [0, 0.05) is 24.0 Å². The molecule has 1 aromatic carbocycles. The van der Waals surface area contributed by atoms with Crippen molar-refractivity contribution in [3.63, 3.8) is 0 Å². The van der Waals surface area contributed by atoms with Crippen molar-refractivity contribution in [2.75, 3.05) is 5.32 Å². The summed E-state index contributed by atoms with van der Waals surface area (Å²) < 4.78 is 36.9. The smallest absolute Gasteiger partial charge is 0.282 e. The number of hydrogen-bond acceptors (Lipinski definition) is 5. The number of anilines is 1. The second-order valence-corrected chi connectivity index (χ2v) is 4.17. The highest BCUT2D eigenvalue weighted by atomic mass is 19.4. The van der Waals surface area contributed by atoms with Crippen molar-refractivity contribution in [2.45, 2.75) is 6.30 Å². The molecule has 21 heavy (non-hydrogen) atoms. The number of aromatic nitrogens is 4. The molecule has 3 rings (SSSR count). The van der Waals surface area contributed by atoms with Crippen LogP contribution in [0.1, 0.15) is 0 Å². The van der Waals surface area contributed by atoms with Gasteiger partial charge >= 0.3 is 6.30 Å². The van der Waals surface area contributed by atoms with Crippen molar-refractivity contribution in [2.24, 2.45) is 0 Å². The van der Waals surface area contributed by atoms with Gasteiger partial charge in [-0.25, -0.2) is 9.97 Å². The van der Waals surface area contributed by atoms with Gasteiger partial charge < -0.3 is 0 Å². The normalized spacial score (nSPS) is 11.6. The molecule has 0 radical (unpaired) electrons. The lowest BCUT2D eigenvalue weighted by Crippen LogP contribution is -2.21.